The molecular formula is C18H16Cl2N4O. The Labute approximate surface area is 155 Å². The molecule has 0 saturated heterocycles. The molecule has 5 nitrogen and oxygen atoms in total. The highest BCUT2D eigenvalue weighted by Crippen LogP contribution is 2.40. The van der Waals surface area contributed by atoms with Crippen LogP contribution >= 0.6 is 23.2 Å². The molecular weight excluding hydrogens is 359 g/mol. The van der Waals surface area contributed by atoms with Crippen molar-refractivity contribution in [1.29, 1.82) is 0 Å². The third-order valence-corrected chi connectivity index (χ3v) is 5.03. The molecule has 1 aromatic heterocycles. The third kappa shape index (κ3) is 3.05. The molecule has 0 radical (unpaired) electrons. The van der Waals surface area contributed by atoms with Crippen molar-refractivity contribution in [3.8, 4) is 5.75 Å². The van der Waals surface area contributed by atoms with Crippen molar-refractivity contribution in [3.63, 3.8) is 0 Å². The molecule has 128 valence electrons. The summed E-state index contributed by atoms with van der Waals surface area (Å²) in [6.07, 6.45) is 2.35. The Morgan fingerprint density at radius 1 is 1.16 bits per heavy atom. The summed E-state index contributed by atoms with van der Waals surface area (Å²) in [4.78, 5) is 4.34. The van der Waals surface area contributed by atoms with E-state index in [0.29, 0.717) is 10.0 Å². The molecule has 2 heterocycles. The van der Waals surface area contributed by atoms with Crippen LogP contribution in [0.15, 0.2) is 48.8 Å². The molecule has 1 N–H and O–H groups in total. The van der Waals surface area contributed by atoms with Gasteiger partial charge in [0.25, 0.3) is 0 Å². The van der Waals surface area contributed by atoms with Gasteiger partial charge in [-0.25, -0.2) is 4.68 Å². The van der Waals surface area contributed by atoms with Crippen LogP contribution in [0.25, 0.3) is 0 Å². The van der Waals surface area contributed by atoms with Gasteiger partial charge in [0.2, 0.25) is 5.95 Å². The van der Waals surface area contributed by atoms with Gasteiger partial charge in [0.15, 0.2) is 0 Å². The van der Waals surface area contributed by atoms with Crippen molar-refractivity contribution in [2.75, 3.05) is 12.4 Å². The van der Waals surface area contributed by atoms with E-state index in [2.05, 4.69) is 27.5 Å². The van der Waals surface area contributed by atoms with Gasteiger partial charge in [0, 0.05) is 10.0 Å². The fraction of sp³-hybridized carbons (Fsp3) is 0.222. The summed E-state index contributed by atoms with van der Waals surface area (Å²) in [5, 5.41) is 9.06. The largest absolute Gasteiger partial charge is 0.497 e. The number of benzene rings is 2. The molecule has 0 fully saturated rings. The van der Waals surface area contributed by atoms with Gasteiger partial charge in [-0.2, -0.15) is 10.1 Å². The highest BCUT2D eigenvalue weighted by molar-refractivity contribution is 6.35. The lowest BCUT2D eigenvalue weighted by atomic mass is 9.93. The lowest BCUT2D eigenvalue weighted by Crippen LogP contribution is -2.28. The van der Waals surface area contributed by atoms with Crippen molar-refractivity contribution in [2.24, 2.45) is 0 Å². The number of anilines is 1. The van der Waals surface area contributed by atoms with E-state index in [9.17, 15) is 0 Å². The molecule has 0 saturated carbocycles. The number of fused-ring (bicyclic) bond motifs is 1. The fourth-order valence-corrected chi connectivity index (χ4v) is 3.74. The van der Waals surface area contributed by atoms with E-state index in [1.54, 1.807) is 19.5 Å². The number of nitrogens with zero attached hydrogens (tertiary/aromatic N) is 3. The molecule has 0 amide bonds. The van der Waals surface area contributed by atoms with Gasteiger partial charge in [-0.1, -0.05) is 41.4 Å². The van der Waals surface area contributed by atoms with E-state index in [1.807, 2.05) is 28.9 Å². The van der Waals surface area contributed by atoms with E-state index in [0.717, 1.165) is 29.2 Å². The summed E-state index contributed by atoms with van der Waals surface area (Å²) >= 11 is 12.5. The molecule has 1 aliphatic heterocycles. The van der Waals surface area contributed by atoms with Crippen LogP contribution in [-0.2, 0) is 0 Å². The number of hydrogen-bond acceptors (Lipinski definition) is 4. The lowest BCUT2D eigenvalue weighted by Gasteiger charge is -2.32. The van der Waals surface area contributed by atoms with Crippen molar-refractivity contribution < 1.29 is 4.74 Å². The zero-order valence-electron chi connectivity index (χ0n) is 13.5. The molecule has 3 aromatic rings. The zero-order chi connectivity index (χ0) is 17.4. The van der Waals surface area contributed by atoms with Crippen LogP contribution in [-0.4, -0.2) is 21.9 Å². The first kappa shape index (κ1) is 16.2. The first-order valence-electron chi connectivity index (χ1n) is 7.90. The SMILES string of the molecule is COc1ccc([C@@H]2C[C@H](c3ccc(Cl)cc3Cl)n3ncnc3N2)cc1. The monoisotopic (exact) mass is 374 g/mol. The van der Waals surface area contributed by atoms with Crippen LogP contribution < -0.4 is 10.1 Å². The number of aromatic nitrogens is 3. The van der Waals surface area contributed by atoms with Crippen LogP contribution in [0.2, 0.25) is 10.0 Å². The predicted octanol–water partition coefficient (Wildman–Crippen LogP) is 4.74. The second-order valence-electron chi connectivity index (χ2n) is 5.92. The maximum Gasteiger partial charge on any atom is 0.222 e. The molecule has 0 spiro atoms. The molecule has 0 aliphatic carbocycles. The number of halogens is 2. The summed E-state index contributed by atoms with van der Waals surface area (Å²) < 4.78 is 7.11. The first-order valence-corrected chi connectivity index (χ1v) is 8.66. The second kappa shape index (κ2) is 6.58. The number of methoxy groups -OCH3 is 1. The van der Waals surface area contributed by atoms with E-state index in [-0.39, 0.29) is 12.1 Å². The van der Waals surface area contributed by atoms with Crippen LogP contribution in [0.5, 0.6) is 5.75 Å². The van der Waals surface area contributed by atoms with Gasteiger partial charge < -0.3 is 10.1 Å². The van der Waals surface area contributed by atoms with E-state index >= 15 is 0 Å². The minimum absolute atomic E-state index is 0.0179. The Morgan fingerprint density at radius 2 is 1.96 bits per heavy atom. The quantitative estimate of drug-likeness (QED) is 0.719. The maximum absolute atomic E-state index is 6.45. The normalized spacial score (nSPS) is 19.2. The first-order chi connectivity index (χ1) is 12.2. The summed E-state index contributed by atoms with van der Waals surface area (Å²) in [5.74, 6) is 1.56. The smallest absolute Gasteiger partial charge is 0.222 e. The van der Waals surface area contributed by atoms with Crippen LogP contribution in [0, 0.1) is 0 Å². The lowest BCUT2D eigenvalue weighted by molar-refractivity contribution is 0.413. The number of rotatable bonds is 3. The maximum atomic E-state index is 6.45. The van der Waals surface area contributed by atoms with Gasteiger partial charge in [0.05, 0.1) is 19.2 Å². The van der Waals surface area contributed by atoms with Gasteiger partial charge >= 0.3 is 0 Å². The predicted molar refractivity (Wildman–Crippen MR) is 98.6 cm³/mol. The minimum atomic E-state index is -0.0179. The second-order valence-corrected chi connectivity index (χ2v) is 6.76. The molecule has 25 heavy (non-hydrogen) atoms. The fourth-order valence-electron chi connectivity index (χ4n) is 3.21. The van der Waals surface area contributed by atoms with Gasteiger partial charge in [-0.05, 0) is 41.8 Å². The number of hydrogen-bond donors (Lipinski definition) is 1. The average Bonchev–Trinajstić information content (AvgIpc) is 3.10. The van der Waals surface area contributed by atoms with Crippen molar-refractivity contribution in [1.82, 2.24) is 14.8 Å². The van der Waals surface area contributed by atoms with Crippen LogP contribution in [0.4, 0.5) is 5.95 Å². The molecule has 7 heteroatoms. The molecule has 2 atom stereocenters. The van der Waals surface area contributed by atoms with Crippen LogP contribution in [0.1, 0.15) is 29.6 Å². The molecule has 1 aliphatic rings. The Morgan fingerprint density at radius 3 is 2.68 bits per heavy atom. The van der Waals surface area contributed by atoms with Crippen molar-refractivity contribution in [2.45, 2.75) is 18.5 Å². The van der Waals surface area contributed by atoms with E-state index in [1.165, 1.54) is 0 Å². The third-order valence-electron chi connectivity index (χ3n) is 4.47. The number of ether oxygens (including phenoxy) is 1. The standard InChI is InChI=1S/C18H16Cl2N4O/c1-25-13-5-2-11(3-6-13)16-9-17(24-18(23-16)21-10-22-24)14-7-4-12(19)8-15(14)20/h2-8,10,16-17H,9H2,1H3,(H,21,22,23)/t16-,17+/m0/s1. The van der Waals surface area contributed by atoms with Crippen LogP contribution in [0.3, 0.4) is 0 Å². The van der Waals surface area contributed by atoms with E-state index in [4.69, 9.17) is 27.9 Å². The molecule has 2 aromatic carbocycles. The Kier molecular flexibility index (Phi) is 4.27. The Balaban J connectivity index is 1.72. The topological polar surface area (TPSA) is 52.0 Å². The van der Waals surface area contributed by atoms with Crippen molar-refractivity contribution >= 4 is 29.2 Å². The summed E-state index contributed by atoms with van der Waals surface area (Å²) in [5.41, 5.74) is 2.14. The van der Waals surface area contributed by atoms with Gasteiger partial charge in [0.1, 0.15) is 12.1 Å². The molecule has 0 unspecified atom stereocenters. The Hall–Kier alpha value is -2.24. The van der Waals surface area contributed by atoms with Crippen molar-refractivity contribution in [3.05, 3.63) is 70.0 Å². The summed E-state index contributed by atoms with van der Waals surface area (Å²) in [6, 6.07) is 13.7. The average molecular weight is 375 g/mol. The highest BCUT2D eigenvalue weighted by atomic mass is 35.5. The highest BCUT2D eigenvalue weighted by Gasteiger charge is 2.31. The minimum Gasteiger partial charge on any atom is -0.497 e. The summed E-state index contributed by atoms with van der Waals surface area (Å²) in [7, 11) is 1.66. The zero-order valence-corrected chi connectivity index (χ0v) is 15.0. The molecule has 0 bridgehead atoms. The van der Waals surface area contributed by atoms with E-state index < -0.39 is 0 Å². The number of nitrogens with one attached hydrogen (secondary N) is 1. The molecule has 4 rings (SSSR count). The van der Waals surface area contributed by atoms with Gasteiger partial charge in [-0.15, -0.1) is 0 Å². The Bertz CT molecular complexity index is 894. The van der Waals surface area contributed by atoms with Gasteiger partial charge in [-0.3, -0.25) is 0 Å². The summed E-state index contributed by atoms with van der Waals surface area (Å²) in [6.45, 7) is 0.